The van der Waals surface area contributed by atoms with Gasteiger partial charge in [0.1, 0.15) is 5.76 Å². The first-order chi connectivity index (χ1) is 7.29. The van der Waals surface area contributed by atoms with E-state index >= 15 is 0 Å². The molecule has 3 heteroatoms. The molecule has 1 aromatic rings. The summed E-state index contributed by atoms with van der Waals surface area (Å²) in [6, 6.07) is 4.57. The standard InChI is InChI=1S/C12H19NO2/c1-2-11(14)8-13(10-5-6-10)9-12-4-3-7-15-12/h3-4,7,10-11,14H,2,5-6,8-9H2,1H3. The van der Waals surface area contributed by atoms with E-state index in [1.165, 1.54) is 12.8 Å². The molecule has 84 valence electrons. The van der Waals surface area contributed by atoms with Crippen LogP contribution in [0.5, 0.6) is 0 Å². The lowest BCUT2D eigenvalue weighted by molar-refractivity contribution is 0.0969. The quantitative estimate of drug-likeness (QED) is 0.778. The third-order valence-electron chi connectivity index (χ3n) is 2.92. The van der Waals surface area contributed by atoms with Crippen LogP contribution in [0.2, 0.25) is 0 Å². The SMILES string of the molecule is CCC(O)CN(Cc1ccco1)C1CC1. The molecule has 1 saturated carbocycles. The Morgan fingerprint density at radius 3 is 2.93 bits per heavy atom. The van der Waals surface area contributed by atoms with E-state index in [4.69, 9.17) is 4.42 Å². The van der Waals surface area contributed by atoms with E-state index < -0.39 is 0 Å². The van der Waals surface area contributed by atoms with E-state index in [0.29, 0.717) is 6.04 Å². The van der Waals surface area contributed by atoms with Crippen molar-refractivity contribution in [3.63, 3.8) is 0 Å². The van der Waals surface area contributed by atoms with Crippen LogP contribution in [0.25, 0.3) is 0 Å². The summed E-state index contributed by atoms with van der Waals surface area (Å²) in [5, 5.41) is 9.66. The minimum absolute atomic E-state index is 0.208. The van der Waals surface area contributed by atoms with E-state index in [1.54, 1.807) is 6.26 Å². The molecule has 0 saturated heterocycles. The predicted molar refractivity (Wildman–Crippen MR) is 58.4 cm³/mol. The number of aliphatic hydroxyl groups excluding tert-OH is 1. The van der Waals surface area contributed by atoms with E-state index in [9.17, 15) is 5.11 Å². The first kappa shape index (κ1) is 10.7. The number of rotatable bonds is 6. The van der Waals surface area contributed by atoms with Crippen LogP contribution in [-0.2, 0) is 6.54 Å². The summed E-state index contributed by atoms with van der Waals surface area (Å²) in [5.74, 6) is 0.991. The van der Waals surface area contributed by atoms with Gasteiger partial charge in [0.2, 0.25) is 0 Å². The lowest BCUT2D eigenvalue weighted by atomic mass is 10.2. The predicted octanol–water partition coefficient (Wildman–Crippen LogP) is 2.01. The average molecular weight is 209 g/mol. The molecule has 1 aromatic heterocycles. The van der Waals surface area contributed by atoms with Crippen molar-refractivity contribution in [2.45, 2.75) is 44.9 Å². The molecule has 2 rings (SSSR count). The highest BCUT2D eigenvalue weighted by molar-refractivity contribution is 4.99. The molecule has 1 unspecified atom stereocenters. The minimum Gasteiger partial charge on any atom is -0.468 e. The van der Waals surface area contributed by atoms with Gasteiger partial charge >= 0.3 is 0 Å². The second-order valence-electron chi connectivity index (χ2n) is 4.30. The second-order valence-corrected chi connectivity index (χ2v) is 4.30. The lowest BCUT2D eigenvalue weighted by Gasteiger charge is -2.23. The average Bonchev–Trinajstić information content (AvgIpc) is 2.97. The molecule has 1 aliphatic carbocycles. The fraction of sp³-hybridized carbons (Fsp3) is 0.667. The van der Waals surface area contributed by atoms with Crippen molar-refractivity contribution in [3.8, 4) is 0 Å². The molecule has 3 nitrogen and oxygen atoms in total. The summed E-state index contributed by atoms with van der Waals surface area (Å²) in [4.78, 5) is 2.33. The molecular weight excluding hydrogens is 190 g/mol. The van der Waals surface area contributed by atoms with E-state index in [-0.39, 0.29) is 6.10 Å². The van der Waals surface area contributed by atoms with Crippen LogP contribution in [0.15, 0.2) is 22.8 Å². The number of nitrogens with zero attached hydrogens (tertiary/aromatic N) is 1. The maximum absolute atomic E-state index is 9.66. The van der Waals surface area contributed by atoms with Gasteiger partial charge in [-0.2, -0.15) is 0 Å². The first-order valence-corrected chi connectivity index (χ1v) is 5.74. The number of hydrogen-bond acceptors (Lipinski definition) is 3. The van der Waals surface area contributed by atoms with Gasteiger partial charge in [-0.3, -0.25) is 4.90 Å². The summed E-state index contributed by atoms with van der Waals surface area (Å²) in [6.45, 7) is 3.61. The number of furan rings is 1. The zero-order valence-corrected chi connectivity index (χ0v) is 9.22. The Bertz CT molecular complexity index is 280. The molecule has 0 spiro atoms. The minimum atomic E-state index is -0.208. The zero-order valence-electron chi connectivity index (χ0n) is 9.22. The monoisotopic (exact) mass is 209 g/mol. The van der Waals surface area contributed by atoms with Crippen LogP contribution < -0.4 is 0 Å². The molecule has 1 heterocycles. The van der Waals surface area contributed by atoms with Gasteiger partial charge in [0.25, 0.3) is 0 Å². The Hall–Kier alpha value is -0.800. The zero-order chi connectivity index (χ0) is 10.7. The van der Waals surface area contributed by atoms with E-state index in [0.717, 1.165) is 25.3 Å². The molecule has 0 aromatic carbocycles. The van der Waals surface area contributed by atoms with Crippen molar-refractivity contribution >= 4 is 0 Å². The molecule has 15 heavy (non-hydrogen) atoms. The summed E-state index contributed by atoms with van der Waals surface area (Å²) >= 11 is 0. The van der Waals surface area contributed by atoms with Gasteiger partial charge in [-0.05, 0) is 31.4 Å². The van der Waals surface area contributed by atoms with Crippen molar-refractivity contribution in [1.29, 1.82) is 0 Å². The van der Waals surface area contributed by atoms with Gasteiger partial charge < -0.3 is 9.52 Å². The summed E-state index contributed by atoms with van der Waals surface area (Å²) in [6.07, 6.45) is 4.84. The topological polar surface area (TPSA) is 36.6 Å². The Morgan fingerprint density at radius 2 is 2.40 bits per heavy atom. The van der Waals surface area contributed by atoms with Gasteiger partial charge in [0, 0.05) is 12.6 Å². The Balaban J connectivity index is 1.88. The van der Waals surface area contributed by atoms with Gasteiger partial charge in [0.05, 0.1) is 18.9 Å². The number of aliphatic hydroxyl groups is 1. The molecular formula is C12H19NO2. The highest BCUT2D eigenvalue weighted by atomic mass is 16.3. The van der Waals surface area contributed by atoms with Crippen LogP contribution in [0.3, 0.4) is 0 Å². The van der Waals surface area contributed by atoms with Crippen LogP contribution in [0, 0.1) is 0 Å². The molecule has 0 radical (unpaired) electrons. The normalized spacial score (nSPS) is 18.3. The second kappa shape index (κ2) is 4.81. The summed E-state index contributed by atoms with van der Waals surface area (Å²) in [5.41, 5.74) is 0. The van der Waals surface area contributed by atoms with Crippen LogP contribution in [0.4, 0.5) is 0 Å². The van der Waals surface area contributed by atoms with E-state index in [1.807, 2.05) is 19.1 Å². The molecule has 0 amide bonds. The summed E-state index contributed by atoms with van der Waals surface area (Å²) in [7, 11) is 0. The van der Waals surface area contributed by atoms with E-state index in [2.05, 4.69) is 4.90 Å². The molecule has 1 N–H and O–H groups in total. The molecule has 1 aliphatic rings. The third kappa shape index (κ3) is 3.08. The third-order valence-corrected chi connectivity index (χ3v) is 2.92. The fourth-order valence-corrected chi connectivity index (χ4v) is 1.78. The maximum atomic E-state index is 9.66. The van der Waals surface area contributed by atoms with Gasteiger partial charge in [-0.1, -0.05) is 6.92 Å². The molecule has 0 aliphatic heterocycles. The first-order valence-electron chi connectivity index (χ1n) is 5.74. The van der Waals surface area contributed by atoms with Crippen molar-refractivity contribution in [3.05, 3.63) is 24.2 Å². The highest BCUT2D eigenvalue weighted by Gasteiger charge is 2.30. The van der Waals surface area contributed by atoms with Crippen molar-refractivity contribution in [1.82, 2.24) is 4.90 Å². The fourth-order valence-electron chi connectivity index (χ4n) is 1.78. The van der Waals surface area contributed by atoms with Gasteiger partial charge in [-0.15, -0.1) is 0 Å². The van der Waals surface area contributed by atoms with Crippen molar-refractivity contribution < 1.29 is 9.52 Å². The largest absolute Gasteiger partial charge is 0.468 e. The molecule has 0 bridgehead atoms. The highest BCUT2D eigenvalue weighted by Crippen LogP contribution is 2.28. The smallest absolute Gasteiger partial charge is 0.117 e. The van der Waals surface area contributed by atoms with Crippen molar-refractivity contribution in [2.75, 3.05) is 6.54 Å². The van der Waals surface area contributed by atoms with Crippen LogP contribution >= 0.6 is 0 Å². The Kier molecular flexibility index (Phi) is 3.44. The maximum Gasteiger partial charge on any atom is 0.117 e. The molecule has 1 fully saturated rings. The van der Waals surface area contributed by atoms with Crippen LogP contribution in [-0.4, -0.2) is 28.7 Å². The lowest BCUT2D eigenvalue weighted by Crippen LogP contribution is -2.33. The van der Waals surface area contributed by atoms with Crippen LogP contribution in [0.1, 0.15) is 31.9 Å². The molecule has 1 atom stereocenters. The summed E-state index contributed by atoms with van der Waals surface area (Å²) < 4.78 is 5.33. The Morgan fingerprint density at radius 1 is 1.60 bits per heavy atom. The number of hydrogen-bond donors (Lipinski definition) is 1. The van der Waals surface area contributed by atoms with Gasteiger partial charge in [0.15, 0.2) is 0 Å². The van der Waals surface area contributed by atoms with Crippen molar-refractivity contribution in [2.24, 2.45) is 0 Å². The van der Waals surface area contributed by atoms with Gasteiger partial charge in [-0.25, -0.2) is 0 Å². The Labute approximate surface area is 90.7 Å².